The van der Waals surface area contributed by atoms with Gasteiger partial charge in [0.1, 0.15) is 0 Å². The smallest absolute Gasteiger partial charge is 0.235 e. The molecule has 2 saturated heterocycles. The van der Waals surface area contributed by atoms with Gasteiger partial charge in [-0.1, -0.05) is 0 Å². The molecule has 0 saturated carbocycles. The molecule has 2 aliphatic heterocycles. The van der Waals surface area contributed by atoms with Crippen molar-refractivity contribution in [3.63, 3.8) is 0 Å². The molecule has 0 radical (unpaired) electrons. The van der Waals surface area contributed by atoms with Crippen molar-refractivity contribution in [3.8, 4) is 0 Å². The van der Waals surface area contributed by atoms with Gasteiger partial charge < -0.3 is 10.6 Å². The maximum atomic E-state index is 12.0. The van der Waals surface area contributed by atoms with Crippen molar-refractivity contribution in [1.29, 1.82) is 0 Å². The summed E-state index contributed by atoms with van der Waals surface area (Å²) in [5, 5.41) is 0.226. The second-order valence-electron chi connectivity index (χ2n) is 4.67. The average Bonchev–Trinajstić information content (AvgIpc) is 2.72. The van der Waals surface area contributed by atoms with Crippen LogP contribution in [0.4, 0.5) is 0 Å². The van der Waals surface area contributed by atoms with E-state index in [1.54, 1.807) is 11.8 Å². The molecule has 0 aromatic carbocycles. The summed E-state index contributed by atoms with van der Waals surface area (Å²) in [6.07, 6.45) is 3.19. The van der Waals surface area contributed by atoms with E-state index in [0.29, 0.717) is 5.91 Å². The summed E-state index contributed by atoms with van der Waals surface area (Å²) in [4.78, 5) is 13.9. The second kappa shape index (κ2) is 3.74. The predicted molar refractivity (Wildman–Crippen MR) is 59.3 cm³/mol. The van der Waals surface area contributed by atoms with E-state index >= 15 is 0 Å². The number of thioether (sulfide) groups is 1. The predicted octanol–water partition coefficient (Wildman–Crippen LogP) is 0.832. The van der Waals surface area contributed by atoms with Crippen molar-refractivity contribution in [2.45, 2.75) is 37.0 Å². The molecule has 2 rings (SSSR count). The van der Waals surface area contributed by atoms with Gasteiger partial charge in [0, 0.05) is 18.6 Å². The Morgan fingerprint density at radius 1 is 1.64 bits per heavy atom. The van der Waals surface area contributed by atoms with Gasteiger partial charge in [0.05, 0.1) is 5.25 Å². The second-order valence-corrected chi connectivity index (χ2v) is 5.98. The van der Waals surface area contributed by atoms with Gasteiger partial charge >= 0.3 is 0 Å². The fraction of sp³-hybridized carbons (Fsp3) is 0.900. The van der Waals surface area contributed by atoms with Gasteiger partial charge in [-0.05, 0) is 31.9 Å². The van der Waals surface area contributed by atoms with Crippen LogP contribution in [-0.2, 0) is 4.79 Å². The Labute approximate surface area is 89.4 Å². The largest absolute Gasteiger partial charge is 0.340 e. The molecule has 2 atom stereocenters. The zero-order valence-electron chi connectivity index (χ0n) is 8.66. The Balaban J connectivity index is 1.92. The Morgan fingerprint density at radius 2 is 2.43 bits per heavy atom. The van der Waals surface area contributed by atoms with E-state index in [2.05, 4.69) is 0 Å². The van der Waals surface area contributed by atoms with E-state index in [0.717, 1.165) is 31.7 Å². The molecule has 2 unspecified atom stereocenters. The zero-order chi connectivity index (χ0) is 10.2. The van der Waals surface area contributed by atoms with E-state index in [-0.39, 0.29) is 10.8 Å². The van der Waals surface area contributed by atoms with Gasteiger partial charge in [-0.25, -0.2) is 0 Å². The molecule has 0 spiro atoms. The molecule has 80 valence electrons. The van der Waals surface area contributed by atoms with Crippen molar-refractivity contribution in [2.75, 3.05) is 18.8 Å². The molecule has 2 heterocycles. The lowest BCUT2D eigenvalue weighted by atomic mass is 10.0. The third-order valence-corrected chi connectivity index (χ3v) is 4.39. The first-order valence-corrected chi connectivity index (χ1v) is 6.33. The number of amides is 1. The number of carbonyl (C=O) groups is 1. The Bertz CT molecular complexity index is 236. The summed E-state index contributed by atoms with van der Waals surface area (Å²) in [6.45, 7) is 3.62. The molecular formula is C10H18N2OS. The van der Waals surface area contributed by atoms with Crippen molar-refractivity contribution in [1.82, 2.24) is 4.90 Å². The first-order chi connectivity index (χ1) is 6.58. The molecule has 3 nitrogen and oxygen atoms in total. The summed E-state index contributed by atoms with van der Waals surface area (Å²) >= 11 is 1.81. The summed E-state index contributed by atoms with van der Waals surface area (Å²) < 4.78 is 0. The number of rotatable bonds is 1. The van der Waals surface area contributed by atoms with Crippen LogP contribution in [0.5, 0.6) is 0 Å². The minimum atomic E-state index is -0.154. The van der Waals surface area contributed by atoms with Crippen LogP contribution in [0.15, 0.2) is 0 Å². The SMILES string of the molecule is CC1(N)CCN(C(=O)C2CCCS2)C1. The first-order valence-electron chi connectivity index (χ1n) is 5.28. The van der Waals surface area contributed by atoms with Crippen LogP contribution < -0.4 is 5.73 Å². The van der Waals surface area contributed by atoms with Crippen LogP contribution in [0.2, 0.25) is 0 Å². The molecular weight excluding hydrogens is 196 g/mol. The number of carbonyl (C=O) groups excluding carboxylic acids is 1. The van der Waals surface area contributed by atoms with Crippen LogP contribution in [0.25, 0.3) is 0 Å². The molecule has 4 heteroatoms. The molecule has 2 fully saturated rings. The topological polar surface area (TPSA) is 46.3 Å². The normalized spacial score (nSPS) is 37.9. The highest BCUT2D eigenvalue weighted by Gasteiger charge is 2.36. The minimum absolute atomic E-state index is 0.154. The maximum absolute atomic E-state index is 12.0. The maximum Gasteiger partial charge on any atom is 0.235 e. The van der Waals surface area contributed by atoms with Crippen LogP contribution in [0, 0.1) is 0 Å². The van der Waals surface area contributed by atoms with Crippen LogP contribution in [0.3, 0.4) is 0 Å². The molecule has 0 aliphatic carbocycles. The Hall–Kier alpha value is -0.220. The van der Waals surface area contributed by atoms with Crippen LogP contribution in [-0.4, -0.2) is 40.4 Å². The molecule has 2 N–H and O–H groups in total. The van der Waals surface area contributed by atoms with E-state index in [1.807, 2.05) is 11.8 Å². The highest BCUT2D eigenvalue weighted by atomic mass is 32.2. The highest BCUT2D eigenvalue weighted by molar-refractivity contribution is 8.00. The number of nitrogens with zero attached hydrogens (tertiary/aromatic N) is 1. The lowest BCUT2D eigenvalue weighted by molar-refractivity contribution is -0.129. The Kier molecular flexibility index (Phi) is 2.75. The summed E-state index contributed by atoms with van der Waals surface area (Å²) in [6, 6.07) is 0. The summed E-state index contributed by atoms with van der Waals surface area (Å²) in [7, 11) is 0. The van der Waals surface area contributed by atoms with E-state index in [4.69, 9.17) is 5.73 Å². The Morgan fingerprint density at radius 3 is 2.93 bits per heavy atom. The summed E-state index contributed by atoms with van der Waals surface area (Å²) in [5.41, 5.74) is 5.85. The monoisotopic (exact) mass is 214 g/mol. The number of hydrogen-bond donors (Lipinski definition) is 1. The van der Waals surface area contributed by atoms with Gasteiger partial charge in [-0.3, -0.25) is 4.79 Å². The third kappa shape index (κ3) is 2.06. The molecule has 0 bridgehead atoms. The van der Waals surface area contributed by atoms with Gasteiger partial charge in [0.25, 0.3) is 0 Å². The van der Waals surface area contributed by atoms with Gasteiger partial charge in [-0.2, -0.15) is 0 Å². The number of nitrogens with two attached hydrogens (primary N) is 1. The quantitative estimate of drug-likeness (QED) is 0.703. The zero-order valence-corrected chi connectivity index (χ0v) is 9.48. The fourth-order valence-corrected chi connectivity index (χ4v) is 3.39. The van der Waals surface area contributed by atoms with E-state index < -0.39 is 0 Å². The minimum Gasteiger partial charge on any atom is -0.340 e. The molecule has 0 aromatic heterocycles. The lowest BCUT2D eigenvalue weighted by Gasteiger charge is -2.22. The van der Waals surface area contributed by atoms with E-state index in [1.165, 1.54) is 6.42 Å². The van der Waals surface area contributed by atoms with Crippen LogP contribution in [0.1, 0.15) is 26.2 Å². The summed E-state index contributed by atoms with van der Waals surface area (Å²) in [5.74, 6) is 1.46. The first kappa shape index (κ1) is 10.3. The molecule has 0 aromatic rings. The van der Waals surface area contributed by atoms with Crippen molar-refractivity contribution < 1.29 is 4.79 Å². The fourth-order valence-electron chi connectivity index (χ4n) is 2.15. The van der Waals surface area contributed by atoms with Crippen molar-refractivity contribution in [3.05, 3.63) is 0 Å². The van der Waals surface area contributed by atoms with Gasteiger partial charge in [0.15, 0.2) is 0 Å². The highest BCUT2D eigenvalue weighted by Crippen LogP contribution is 2.29. The molecule has 2 aliphatic rings. The lowest BCUT2D eigenvalue weighted by Crippen LogP contribution is -2.42. The molecule has 14 heavy (non-hydrogen) atoms. The van der Waals surface area contributed by atoms with Crippen molar-refractivity contribution in [2.24, 2.45) is 5.73 Å². The van der Waals surface area contributed by atoms with E-state index in [9.17, 15) is 4.79 Å². The third-order valence-electron chi connectivity index (χ3n) is 3.02. The van der Waals surface area contributed by atoms with Gasteiger partial charge in [0.2, 0.25) is 5.91 Å². The van der Waals surface area contributed by atoms with Gasteiger partial charge in [-0.15, -0.1) is 11.8 Å². The number of likely N-dealkylation sites (tertiary alicyclic amines) is 1. The molecule has 1 amide bonds. The number of hydrogen-bond acceptors (Lipinski definition) is 3. The van der Waals surface area contributed by atoms with Crippen LogP contribution >= 0.6 is 11.8 Å². The van der Waals surface area contributed by atoms with Crippen molar-refractivity contribution >= 4 is 17.7 Å². The standard InChI is InChI=1S/C10H18N2OS/c1-10(11)4-5-12(7-10)9(13)8-3-2-6-14-8/h8H,2-7,11H2,1H3. The average molecular weight is 214 g/mol.